The first kappa shape index (κ1) is 6.58. The van der Waals surface area contributed by atoms with Gasteiger partial charge in [0.15, 0.2) is 6.10 Å². The molecule has 2 rings (SSSR count). The molecule has 0 saturated heterocycles. The van der Waals surface area contributed by atoms with Crippen molar-refractivity contribution in [1.82, 2.24) is 0 Å². The number of oxime groups is 1. The van der Waals surface area contributed by atoms with Gasteiger partial charge in [-0.2, -0.15) is 0 Å². The van der Waals surface area contributed by atoms with Gasteiger partial charge in [-0.25, -0.2) is 4.39 Å². The predicted molar refractivity (Wildman–Crippen MR) is 39.8 cm³/mol. The Morgan fingerprint density at radius 1 is 1.64 bits per heavy atom. The lowest BCUT2D eigenvalue weighted by molar-refractivity contribution is 0.103. The molecule has 1 aliphatic carbocycles. The number of halogens is 1. The van der Waals surface area contributed by atoms with Gasteiger partial charge in [-0.15, -0.1) is 0 Å². The second-order valence-electron chi connectivity index (χ2n) is 2.74. The van der Waals surface area contributed by atoms with Crippen molar-refractivity contribution in [2.24, 2.45) is 11.1 Å². The van der Waals surface area contributed by atoms with Gasteiger partial charge in [0.05, 0.1) is 11.6 Å². The van der Waals surface area contributed by atoms with Crippen LogP contribution < -0.4 is 0 Å². The van der Waals surface area contributed by atoms with Gasteiger partial charge < -0.3 is 4.84 Å². The summed E-state index contributed by atoms with van der Waals surface area (Å²) in [7, 11) is 0. The number of allylic oxidation sites excluding steroid dienone is 2. The Morgan fingerprint density at radius 2 is 2.45 bits per heavy atom. The van der Waals surface area contributed by atoms with Crippen LogP contribution in [0, 0.1) is 5.92 Å². The average Bonchev–Trinajstić information content (AvgIpc) is 2.32. The van der Waals surface area contributed by atoms with E-state index < -0.39 is 0 Å². The fraction of sp³-hybridized carbons (Fsp3) is 0.375. The molecule has 1 aliphatic heterocycles. The van der Waals surface area contributed by atoms with Crippen LogP contribution in [0.5, 0.6) is 0 Å². The van der Waals surface area contributed by atoms with E-state index in [0.29, 0.717) is 0 Å². The maximum Gasteiger partial charge on any atom is 0.160 e. The van der Waals surface area contributed by atoms with Gasteiger partial charge in [0.25, 0.3) is 0 Å². The number of nitrogens with zero attached hydrogens (tertiary/aromatic N) is 1. The third kappa shape index (κ3) is 0.964. The van der Waals surface area contributed by atoms with Crippen LogP contribution in [-0.2, 0) is 4.84 Å². The van der Waals surface area contributed by atoms with Crippen molar-refractivity contribution in [3.8, 4) is 0 Å². The van der Waals surface area contributed by atoms with Crippen molar-refractivity contribution in [3.63, 3.8) is 0 Å². The van der Waals surface area contributed by atoms with E-state index in [0.717, 1.165) is 5.71 Å². The molecule has 0 radical (unpaired) electrons. The summed E-state index contributed by atoms with van der Waals surface area (Å²) in [6.45, 7) is 1.88. The summed E-state index contributed by atoms with van der Waals surface area (Å²) in [5.74, 6) is -0.0920. The molecule has 58 valence electrons. The van der Waals surface area contributed by atoms with Gasteiger partial charge in [0.2, 0.25) is 0 Å². The summed E-state index contributed by atoms with van der Waals surface area (Å²) >= 11 is 0. The lowest BCUT2D eigenvalue weighted by atomic mass is 9.94. The van der Waals surface area contributed by atoms with Gasteiger partial charge in [-0.3, -0.25) is 0 Å². The van der Waals surface area contributed by atoms with E-state index in [1.807, 2.05) is 6.92 Å². The molecular weight excluding hydrogens is 145 g/mol. The van der Waals surface area contributed by atoms with E-state index in [4.69, 9.17) is 4.84 Å². The van der Waals surface area contributed by atoms with Crippen LogP contribution in [0.4, 0.5) is 4.39 Å². The van der Waals surface area contributed by atoms with Crippen LogP contribution >= 0.6 is 0 Å². The molecule has 0 bridgehead atoms. The lowest BCUT2D eigenvalue weighted by Crippen LogP contribution is -2.19. The van der Waals surface area contributed by atoms with Gasteiger partial charge in [0, 0.05) is 0 Å². The van der Waals surface area contributed by atoms with Gasteiger partial charge in [-0.1, -0.05) is 11.2 Å². The van der Waals surface area contributed by atoms with E-state index in [-0.39, 0.29) is 17.8 Å². The third-order valence-electron chi connectivity index (χ3n) is 1.94. The van der Waals surface area contributed by atoms with Crippen molar-refractivity contribution in [2.45, 2.75) is 13.0 Å². The summed E-state index contributed by atoms with van der Waals surface area (Å²) in [6.07, 6.45) is 4.48. The zero-order valence-corrected chi connectivity index (χ0v) is 6.12. The Morgan fingerprint density at radius 3 is 3.27 bits per heavy atom. The summed E-state index contributed by atoms with van der Waals surface area (Å²) in [6, 6.07) is 0. The Hall–Kier alpha value is -1.12. The molecule has 2 unspecified atom stereocenters. The van der Waals surface area contributed by atoms with Gasteiger partial charge in [-0.05, 0) is 19.1 Å². The summed E-state index contributed by atoms with van der Waals surface area (Å²) in [5.41, 5.74) is 0.912. The van der Waals surface area contributed by atoms with Crippen LogP contribution in [0.3, 0.4) is 0 Å². The normalized spacial score (nSPS) is 34.0. The van der Waals surface area contributed by atoms with Crippen LogP contribution in [0.15, 0.2) is 29.2 Å². The van der Waals surface area contributed by atoms with Crippen molar-refractivity contribution in [2.75, 3.05) is 0 Å². The van der Waals surface area contributed by atoms with Crippen LogP contribution in [0.2, 0.25) is 0 Å². The molecule has 11 heavy (non-hydrogen) atoms. The Labute approximate surface area is 64.0 Å². The first-order valence-corrected chi connectivity index (χ1v) is 3.53. The molecule has 0 spiro atoms. The SMILES string of the molecule is CC1=NOC2C=C(F)C=CC12. The maximum absolute atomic E-state index is 12.6. The highest BCUT2D eigenvalue weighted by Gasteiger charge is 2.30. The van der Waals surface area contributed by atoms with Crippen molar-refractivity contribution in [3.05, 3.63) is 24.1 Å². The second kappa shape index (κ2) is 2.19. The standard InChI is InChI=1S/C8H8FNO/c1-5-7-3-2-6(9)4-8(7)11-10-5/h2-4,7-8H,1H3. The molecule has 1 heterocycles. The number of hydrogen-bond donors (Lipinski definition) is 0. The highest BCUT2D eigenvalue weighted by atomic mass is 19.1. The summed E-state index contributed by atoms with van der Waals surface area (Å²) in [4.78, 5) is 4.96. The first-order valence-electron chi connectivity index (χ1n) is 3.53. The molecule has 0 N–H and O–H groups in total. The van der Waals surface area contributed by atoms with Crippen molar-refractivity contribution in [1.29, 1.82) is 0 Å². The topological polar surface area (TPSA) is 21.6 Å². The Balaban J connectivity index is 2.27. The van der Waals surface area contributed by atoms with E-state index >= 15 is 0 Å². The number of rotatable bonds is 0. The molecule has 0 amide bonds. The minimum atomic E-state index is -0.240. The Kier molecular flexibility index (Phi) is 1.31. The average molecular weight is 153 g/mol. The van der Waals surface area contributed by atoms with Crippen LogP contribution in [0.1, 0.15) is 6.92 Å². The second-order valence-corrected chi connectivity index (χ2v) is 2.74. The lowest BCUT2D eigenvalue weighted by Gasteiger charge is -2.13. The van der Waals surface area contributed by atoms with E-state index in [1.54, 1.807) is 6.08 Å². The van der Waals surface area contributed by atoms with Gasteiger partial charge in [0.1, 0.15) is 5.83 Å². The minimum Gasteiger partial charge on any atom is -0.387 e. The fourth-order valence-electron chi connectivity index (χ4n) is 1.30. The fourth-order valence-corrected chi connectivity index (χ4v) is 1.30. The smallest absolute Gasteiger partial charge is 0.160 e. The zero-order chi connectivity index (χ0) is 7.84. The monoisotopic (exact) mass is 153 g/mol. The number of fused-ring (bicyclic) bond motifs is 1. The van der Waals surface area contributed by atoms with E-state index in [9.17, 15) is 4.39 Å². The minimum absolute atomic E-state index is 0.148. The third-order valence-corrected chi connectivity index (χ3v) is 1.94. The first-order chi connectivity index (χ1) is 5.27. The summed E-state index contributed by atoms with van der Waals surface area (Å²) in [5, 5.41) is 3.77. The van der Waals surface area contributed by atoms with Crippen molar-refractivity contribution < 1.29 is 9.23 Å². The number of hydrogen-bond acceptors (Lipinski definition) is 2. The van der Waals surface area contributed by atoms with Crippen LogP contribution in [-0.4, -0.2) is 11.8 Å². The largest absolute Gasteiger partial charge is 0.387 e. The molecule has 0 aromatic rings. The molecule has 0 aromatic carbocycles. The highest BCUT2D eigenvalue weighted by molar-refractivity contribution is 5.87. The molecule has 0 saturated carbocycles. The molecule has 3 heteroatoms. The molecule has 0 aromatic heterocycles. The van der Waals surface area contributed by atoms with Crippen molar-refractivity contribution >= 4 is 5.71 Å². The zero-order valence-electron chi connectivity index (χ0n) is 6.12. The quantitative estimate of drug-likeness (QED) is 0.520. The molecule has 2 atom stereocenters. The van der Waals surface area contributed by atoms with E-state index in [1.165, 1.54) is 12.2 Å². The highest BCUT2D eigenvalue weighted by Crippen LogP contribution is 2.26. The maximum atomic E-state index is 12.6. The molecule has 2 nitrogen and oxygen atoms in total. The summed E-state index contributed by atoms with van der Waals surface area (Å²) < 4.78 is 12.6. The van der Waals surface area contributed by atoms with Gasteiger partial charge >= 0.3 is 0 Å². The predicted octanol–water partition coefficient (Wildman–Crippen LogP) is 1.80. The molecular formula is C8H8FNO. The van der Waals surface area contributed by atoms with Crippen LogP contribution in [0.25, 0.3) is 0 Å². The van der Waals surface area contributed by atoms with E-state index in [2.05, 4.69) is 5.16 Å². The Bertz CT molecular complexity index is 267. The molecule has 0 fully saturated rings. The molecule has 2 aliphatic rings.